The summed E-state index contributed by atoms with van der Waals surface area (Å²) in [5.74, 6) is 2.53. The summed E-state index contributed by atoms with van der Waals surface area (Å²) < 4.78 is 0. The lowest BCUT2D eigenvalue weighted by atomic mass is 10.5. The average Bonchev–Trinajstić information content (AvgIpc) is 1.31. The second-order valence-electron chi connectivity index (χ2n) is 1.30. The predicted molar refractivity (Wildman–Crippen MR) is 32.9 cm³/mol. The monoisotopic (exact) mass is 121 g/mol. The van der Waals surface area contributed by atoms with Crippen LogP contribution in [0.2, 0.25) is 0 Å². The molecule has 0 aromatic rings. The summed E-state index contributed by atoms with van der Waals surface area (Å²) >= 11 is 3.46. The van der Waals surface area contributed by atoms with Crippen LogP contribution in [0.15, 0.2) is 0 Å². The smallest absolute Gasteiger partial charge is 0.0371 e. The quantitative estimate of drug-likeness (QED) is 0.517. The summed E-state index contributed by atoms with van der Waals surface area (Å²) in [5, 5.41) is 6.01. The number of hydrogen-bond acceptors (Lipinski definition) is 3. The third kappa shape index (κ3) is 0.832. The molecule has 0 aromatic carbocycles. The van der Waals surface area contributed by atoms with E-state index in [2.05, 4.69) is 0 Å². The van der Waals surface area contributed by atoms with Crippen molar-refractivity contribution < 1.29 is 0 Å². The van der Waals surface area contributed by atoms with E-state index in [1.807, 2.05) is 11.8 Å². The minimum Gasteiger partial charge on any atom is -0.278 e. The Morgan fingerprint density at radius 1 is 1.67 bits per heavy atom. The molecule has 0 aliphatic carbocycles. The van der Waals surface area contributed by atoms with Gasteiger partial charge in [0.1, 0.15) is 0 Å². The largest absolute Gasteiger partial charge is 0.278 e. The Morgan fingerprint density at radius 3 is 2.33 bits per heavy atom. The van der Waals surface area contributed by atoms with Crippen molar-refractivity contribution in [1.82, 2.24) is 0 Å². The van der Waals surface area contributed by atoms with Crippen molar-refractivity contribution in [3.8, 4) is 0 Å². The Hall–Kier alpha value is 0.660. The van der Waals surface area contributed by atoms with Crippen molar-refractivity contribution in [2.45, 2.75) is 5.25 Å². The van der Waals surface area contributed by atoms with Gasteiger partial charge in [0.2, 0.25) is 0 Å². The molecule has 0 atom stereocenters. The Labute approximate surface area is 46.2 Å². The molecule has 1 nitrogen and oxygen atoms in total. The van der Waals surface area contributed by atoms with Gasteiger partial charge in [0.25, 0.3) is 0 Å². The summed E-state index contributed by atoms with van der Waals surface area (Å²) in [6.45, 7) is 0. The van der Waals surface area contributed by atoms with Crippen LogP contribution >= 0.6 is 23.7 Å². The third-order valence-corrected chi connectivity index (χ3v) is 3.22. The maximum Gasteiger partial charge on any atom is 0.0371 e. The molecule has 0 radical (unpaired) electrons. The molecule has 0 saturated carbocycles. The number of nitrogens with two attached hydrogens (primary N) is 1. The fourth-order valence-corrected chi connectivity index (χ4v) is 1.93. The van der Waals surface area contributed by atoms with Crippen LogP contribution in [0.1, 0.15) is 0 Å². The Bertz CT molecular complexity index is 41.3. The van der Waals surface area contributed by atoms with Gasteiger partial charge in [-0.15, -0.1) is 0 Å². The van der Waals surface area contributed by atoms with Crippen LogP contribution < -0.4 is 5.14 Å². The van der Waals surface area contributed by atoms with Gasteiger partial charge in [-0.3, -0.25) is 5.14 Å². The molecule has 0 amide bonds. The molecule has 0 unspecified atom stereocenters. The lowest BCUT2D eigenvalue weighted by Crippen LogP contribution is -2.22. The van der Waals surface area contributed by atoms with E-state index in [0.717, 1.165) is 5.25 Å². The van der Waals surface area contributed by atoms with Crippen LogP contribution in [0.4, 0.5) is 0 Å². The molecule has 1 aliphatic heterocycles. The van der Waals surface area contributed by atoms with Gasteiger partial charge in [-0.05, 0) is 0 Å². The number of hydrogen-bond donors (Lipinski definition) is 1. The van der Waals surface area contributed by atoms with Crippen LogP contribution in [0.25, 0.3) is 0 Å². The highest BCUT2D eigenvalue weighted by Gasteiger charge is 2.15. The fraction of sp³-hybridized carbons (Fsp3) is 1.00. The molecule has 1 rings (SSSR count). The molecule has 1 heterocycles. The highest BCUT2D eigenvalue weighted by Crippen LogP contribution is 2.25. The lowest BCUT2D eigenvalue weighted by Gasteiger charge is -2.20. The topological polar surface area (TPSA) is 26.0 Å². The summed E-state index contributed by atoms with van der Waals surface area (Å²) in [6, 6.07) is 0. The van der Waals surface area contributed by atoms with E-state index in [0.29, 0.717) is 0 Å². The van der Waals surface area contributed by atoms with Gasteiger partial charge in [-0.25, -0.2) is 0 Å². The highest BCUT2D eigenvalue weighted by molar-refractivity contribution is 8.06. The molecule has 1 fully saturated rings. The summed E-state index contributed by atoms with van der Waals surface area (Å²) in [4.78, 5) is 0. The SMILES string of the molecule is NSC1CSC1. The molecular weight excluding hydrogens is 114 g/mol. The van der Waals surface area contributed by atoms with Crippen molar-refractivity contribution in [2.24, 2.45) is 5.14 Å². The van der Waals surface area contributed by atoms with Crippen molar-refractivity contribution in [3.63, 3.8) is 0 Å². The van der Waals surface area contributed by atoms with E-state index in [1.54, 1.807) is 0 Å². The summed E-state index contributed by atoms with van der Waals surface area (Å²) in [7, 11) is 0. The van der Waals surface area contributed by atoms with Crippen LogP contribution in [0.3, 0.4) is 0 Å². The van der Waals surface area contributed by atoms with E-state index in [4.69, 9.17) is 5.14 Å². The molecule has 36 valence electrons. The lowest BCUT2D eigenvalue weighted by molar-refractivity contribution is 1.09. The van der Waals surface area contributed by atoms with E-state index >= 15 is 0 Å². The number of thioether (sulfide) groups is 1. The molecular formula is C3H7NS2. The first-order valence-electron chi connectivity index (χ1n) is 1.87. The minimum atomic E-state index is 0.773. The first kappa shape index (κ1) is 4.81. The van der Waals surface area contributed by atoms with Gasteiger partial charge in [-0.2, -0.15) is 11.8 Å². The van der Waals surface area contributed by atoms with E-state index in [-0.39, 0.29) is 0 Å². The van der Waals surface area contributed by atoms with Crippen LogP contribution in [0, 0.1) is 0 Å². The zero-order chi connectivity index (χ0) is 4.41. The Kier molecular flexibility index (Phi) is 1.68. The standard InChI is InChI=1S/C3H7NS2/c4-6-3-1-5-2-3/h3H,1-2,4H2. The maximum absolute atomic E-state index is 5.24. The third-order valence-electron chi connectivity index (χ3n) is 0.800. The minimum absolute atomic E-state index is 0.773. The molecule has 0 aromatic heterocycles. The molecule has 1 aliphatic rings. The maximum atomic E-state index is 5.24. The summed E-state index contributed by atoms with van der Waals surface area (Å²) in [6.07, 6.45) is 0. The second-order valence-corrected chi connectivity index (χ2v) is 3.31. The van der Waals surface area contributed by atoms with Gasteiger partial charge in [-0.1, -0.05) is 11.9 Å². The van der Waals surface area contributed by atoms with Gasteiger partial charge in [0.05, 0.1) is 0 Å². The van der Waals surface area contributed by atoms with E-state index in [9.17, 15) is 0 Å². The normalized spacial score (nSPS) is 23.5. The van der Waals surface area contributed by atoms with Gasteiger partial charge >= 0.3 is 0 Å². The summed E-state index contributed by atoms with van der Waals surface area (Å²) in [5.41, 5.74) is 0. The molecule has 1 saturated heterocycles. The first-order valence-corrected chi connectivity index (χ1v) is 3.96. The highest BCUT2D eigenvalue weighted by atomic mass is 32.2. The Balaban J connectivity index is 2.01. The van der Waals surface area contributed by atoms with Crippen LogP contribution in [0.5, 0.6) is 0 Å². The molecule has 0 spiro atoms. The van der Waals surface area contributed by atoms with E-state index < -0.39 is 0 Å². The molecule has 3 heteroatoms. The average molecular weight is 121 g/mol. The fourth-order valence-electron chi connectivity index (χ4n) is 0.293. The second kappa shape index (κ2) is 2.09. The van der Waals surface area contributed by atoms with Gasteiger partial charge in [0.15, 0.2) is 0 Å². The van der Waals surface area contributed by atoms with Crippen molar-refractivity contribution in [2.75, 3.05) is 11.5 Å². The van der Waals surface area contributed by atoms with E-state index in [1.165, 1.54) is 23.5 Å². The first-order chi connectivity index (χ1) is 2.93. The zero-order valence-electron chi connectivity index (χ0n) is 3.39. The van der Waals surface area contributed by atoms with Crippen molar-refractivity contribution >= 4 is 23.7 Å². The van der Waals surface area contributed by atoms with Crippen molar-refractivity contribution in [3.05, 3.63) is 0 Å². The Morgan fingerprint density at radius 2 is 2.33 bits per heavy atom. The zero-order valence-corrected chi connectivity index (χ0v) is 5.02. The predicted octanol–water partition coefficient (Wildman–Crippen LogP) is 0.709. The molecule has 6 heavy (non-hydrogen) atoms. The molecule has 2 N–H and O–H groups in total. The van der Waals surface area contributed by atoms with Crippen molar-refractivity contribution in [1.29, 1.82) is 0 Å². The van der Waals surface area contributed by atoms with Crippen LogP contribution in [-0.4, -0.2) is 16.8 Å². The van der Waals surface area contributed by atoms with Gasteiger partial charge in [0, 0.05) is 16.8 Å². The van der Waals surface area contributed by atoms with Crippen LogP contribution in [-0.2, 0) is 0 Å². The molecule has 0 bridgehead atoms. The van der Waals surface area contributed by atoms with Gasteiger partial charge < -0.3 is 0 Å². The number of rotatable bonds is 1.